The molecule has 2 aromatic carbocycles. The number of nitrogens with two attached hydrogens (primary N) is 1. The van der Waals surface area contributed by atoms with Gasteiger partial charge in [0.2, 0.25) is 0 Å². The van der Waals surface area contributed by atoms with Crippen molar-refractivity contribution in [2.75, 3.05) is 0 Å². The number of fused-ring (bicyclic) bond motifs is 1. The number of nitrogens with one attached hydrogen (secondary N) is 1. The maximum atomic E-state index is 12.4. The Balaban J connectivity index is 1.61. The van der Waals surface area contributed by atoms with Crippen LogP contribution in [-0.4, -0.2) is 17.1 Å². The van der Waals surface area contributed by atoms with Gasteiger partial charge in [-0.25, -0.2) is 0 Å². The number of halogens is 1. The van der Waals surface area contributed by atoms with Gasteiger partial charge in [0.1, 0.15) is 5.75 Å². The van der Waals surface area contributed by atoms with Crippen LogP contribution in [0.25, 0.3) is 10.8 Å². The first kappa shape index (κ1) is 21.9. The highest BCUT2D eigenvalue weighted by molar-refractivity contribution is 6.32. The van der Waals surface area contributed by atoms with Crippen LogP contribution in [0.1, 0.15) is 57.1 Å². The molecular weight excluding hydrogens is 408 g/mol. The number of hydrogen-bond acceptors (Lipinski definition) is 3. The molecule has 164 valence electrons. The second-order valence-corrected chi connectivity index (χ2v) is 9.36. The Bertz CT molecular complexity index is 1100. The number of pyridine rings is 1. The highest BCUT2D eigenvalue weighted by Crippen LogP contribution is 2.43. The average molecular weight is 439 g/mol. The summed E-state index contributed by atoms with van der Waals surface area (Å²) in [6.07, 6.45) is 7.81. The molecule has 1 fully saturated rings. The third-order valence-corrected chi connectivity index (χ3v) is 7.46. The van der Waals surface area contributed by atoms with Crippen molar-refractivity contribution in [1.82, 2.24) is 4.98 Å². The van der Waals surface area contributed by atoms with E-state index in [-0.39, 0.29) is 23.1 Å². The van der Waals surface area contributed by atoms with Gasteiger partial charge in [-0.05, 0) is 79.5 Å². The quantitative estimate of drug-likeness (QED) is 0.508. The summed E-state index contributed by atoms with van der Waals surface area (Å²) in [6.45, 7) is 4.35. The topological polar surface area (TPSA) is 68.1 Å². The molecule has 1 aliphatic rings. The molecule has 5 heteroatoms. The highest BCUT2D eigenvalue weighted by Gasteiger charge is 2.37. The molecule has 0 bridgehead atoms. The first-order valence-corrected chi connectivity index (χ1v) is 11.6. The number of H-pyrrole nitrogens is 1. The van der Waals surface area contributed by atoms with E-state index in [0.29, 0.717) is 16.2 Å². The van der Waals surface area contributed by atoms with Crippen LogP contribution in [0.4, 0.5) is 0 Å². The molecule has 1 saturated carbocycles. The molecule has 0 spiro atoms. The molecule has 3 N–H and O–H groups in total. The largest absolute Gasteiger partial charge is 0.489 e. The lowest BCUT2D eigenvalue weighted by Crippen LogP contribution is -2.43. The second-order valence-electron chi connectivity index (χ2n) is 8.96. The summed E-state index contributed by atoms with van der Waals surface area (Å²) in [5.74, 6) is 0.656. The van der Waals surface area contributed by atoms with Crippen molar-refractivity contribution in [2.45, 2.75) is 64.5 Å². The van der Waals surface area contributed by atoms with Crippen molar-refractivity contribution in [2.24, 2.45) is 11.1 Å². The number of aromatic nitrogens is 1. The van der Waals surface area contributed by atoms with Crippen molar-refractivity contribution >= 4 is 22.4 Å². The van der Waals surface area contributed by atoms with E-state index in [1.54, 1.807) is 12.3 Å². The summed E-state index contributed by atoms with van der Waals surface area (Å²) in [5, 5.41) is 1.96. The molecule has 0 radical (unpaired) electrons. The molecule has 0 unspecified atom stereocenters. The van der Waals surface area contributed by atoms with E-state index in [1.807, 2.05) is 24.3 Å². The van der Waals surface area contributed by atoms with Gasteiger partial charge in [-0.1, -0.05) is 48.9 Å². The van der Waals surface area contributed by atoms with Crippen LogP contribution in [0.3, 0.4) is 0 Å². The SMILES string of the molecule is CCC1([C@@H](C)N)CCC(Oc2cc3c(Cc4ccccc4)c[nH]c(=O)c3cc2Cl)CC1. The van der Waals surface area contributed by atoms with Crippen molar-refractivity contribution in [1.29, 1.82) is 0 Å². The molecule has 0 aliphatic heterocycles. The minimum Gasteiger partial charge on any atom is -0.489 e. The highest BCUT2D eigenvalue weighted by atomic mass is 35.5. The maximum absolute atomic E-state index is 12.4. The third kappa shape index (κ3) is 4.51. The second kappa shape index (κ2) is 9.05. The molecule has 4 nitrogen and oxygen atoms in total. The van der Waals surface area contributed by atoms with E-state index in [2.05, 4.69) is 31.0 Å². The summed E-state index contributed by atoms with van der Waals surface area (Å²) < 4.78 is 6.37. The Morgan fingerprint density at radius 1 is 1.19 bits per heavy atom. The lowest BCUT2D eigenvalue weighted by atomic mass is 9.67. The van der Waals surface area contributed by atoms with E-state index < -0.39 is 0 Å². The van der Waals surface area contributed by atoms with Crippen LogP contribution in [0.15, 0.2) is 53.5 Å². The van der Waals surface area contributed by atoms with Gasteiger partial charge in [0, 0.05) is 17.6 Å². The number of ether oxygens (including phenoxy) is 1. The minimum absolute atomic E-state index is 0.118. The van der Waals surface area contributed by atoms with Crippen molar-refractivity contribution in [3.05, 3.63) is 75.2 Å². The van der Waals surface area contributed by atoms with Gasteiger partial charge < -0.3 is 15.5 Å². The van der Waals surface area contributed by atoms with E-state index >= 15 is 0 Å². The Morgan fingerprint density at radius 2 is 1.90 bits per heavy atom. The van der Waals surface area contributed by atoms with Crippen molar-refractivity contribution in [3.8, 4) is 5.75 Å². The Labute approximate surface area is 188 Å². The number of hydrogen-bond donors (Lipinski definition) is 2. The summed E-state index contributed by atoms with van der Waals surface area (Å²) in [6, 6.07) is 14.1. The molecule has 1 aliphatic carbocycles. The molecule has 1 atom stereocenters. The molecule has 0 saturated heterocycles. The van der Waals surface area contributed by atoms with Gasteiger partial charge in [-0.3, -0.25) is 4.79 Å². The fourth-order valence-electron chi connectivity index (χ4n) is 4.96. The van der Waals surface area contributed by atoms with Crippen LogP contribution >= 0.6 is 11.6 Å². The summed E-state index contributed by atoms with van der Waals surface area (Å²) in [7, 11) is 0. The van der Waals surface area contributed by atoms with E-state index in [4.69, 9.17) is 22.1 Å². The lowest BCUT2D eigenvalue weighted by Gasteiger charge is -2.42. The molecule has 0 amide bonds. The summed E-state index contributed by atoms with van der Waals surface area (Å²) >= 11 is 6.54. The van der Waals surface area contributed by atoms with Crippen molar-refractivity contribution in [3.63, 3.8) is 0 Å². The van der Waals surface area contributed by atoms with Gasteiger partial charge in [-0.15, -0.1) is 0 Å². The molecule has 31 heavy (non-hydrogen) atoms. The predicted octanol–water partition coefficient (Wildman–Crippen LogP) is 5.84. The molecule has 1 heterocycles. The summed E-state index contributed by atoms with van der Waals surface area (Å²) in [4.78, 5) is 15.3. The number of aromatic amines is 1. The van der Waals surface area contributed by atoms with Gasteiger partial charge in [-0.2, -0.15) is 0 Å². The predicted molar refractivity (Wildman–Crippen MR) is 128 cm³/mol. The van der Waals surface area contributed by atoms with E-state index in [9.17, 15) is 4.79 Å². The van der Waals surface area contributed by atoms with Crippen LogP contribution < -0.4 is 16.0 Å². The number of benzene rings is 2. The van der Waals surface area contributed by atoms with Crippen LogP contribution in [0.5, 0.6) is 5.75 Å². The smallest absolute Gasteiger partial charge is 0.255 e. The standard InChI is InChI=1S/C26H31ClN2O2/c1-3-26(17(2)28)11-9-20(10-12-26)31-24-15-21-19(13-18-7-5-4-6-8-18)16-29-25(30)22(21)14-23(24)27/h4-8,14-17,20H,3,9-13,28H2,1-2H3,(H,29,30)/t17-,20?,26?/m1/s1. The average Bonchev–Trinajstić information content (AvgIpc) is 2.78. The molecule has 1 aromatic heterocycles. The van der Waals surface area contributed by atoms with Crippen LogP contribution in [0.2, 0.25) is 5.02 Å². The van der Waals surface area contributed by atoms with Gasteiger partial charge in [0.05, 0.1) is 11.1 Å². The summed E-state index contributed by atoms with van der Waals surface area (Å²) in [5.41, 5.74) is 8.61. The minimum atomic E-state index is -0.136. The molecule has 4 rings (SSSR count). The zero-order chi connectivity index (χ0) is 22.0. The lowest BCUT2D eigenvalue weighted by molar-refractivity contribution is 0.0619. The Morgan fingerprint density at radius 3 is 2.55 bits per heavy atom. The maximum Gasteiger partial charge on any atom is 0.255 e. The monoisotopic (exact) mass is 438 g/mol. The van der Waals surface area contributed by atoms with E-state index in [1.165, 1.54) is 5.56 Å². The Hall–Kier alpha value is -2.30. The normalized spacial score (nSPS) is 22.4. The van der Waals surface area contributed by atoms with Gasteiger partial charge in [0.25, 0.3) is 5.56 Å². The molecular formula is C26H31ClN2O2. The fraction of sp³-hybridized carbons (Fsp3) is 0.423. The van der Waals surface area contributed by atoms with Gasteiger partial charge >= 0.3 is 0 Å². The first-order chi connectivity index (χ1) is 14.9. The third-order valence-electron chi connectivity index (χ3n) is 7.17. The molecule has 3 aromatic rings. The first-order valence-electron chi connectivity index (χ1n) is 11.2. The zero-order valence-corrected chi connectivity index (χ0v) is 19.0. The fourth-order valence-corrected chi connectivity index (χ4v) is 5.17. The van der Waals surface area contributed by atoms with Gasteiger partial charge in [0.15, 0.2) is 0 Å². The Kier molecular flexibility index (Phi) is 6.40. The van der Waals surface area contributed by atoms with Crippen LogP contribution in [-0.2, 0) is 6.42 Å². The van der Waals surface area contributed by atoms with E-state index in [0.717, 1.165) is 49.5 Å². The zero-order valence-electron chi connectivity index (χ0n) is 18.3. The number of rotatable bonds is 6. The van der Waals surface area contributed by atoms with Crippen LogP contribution in [0, 0.1) is 5.41 Å². The van der Waals surface area contributed by atoms with Crippen molar-refractivity contribution < 1.29 is 4.74 Å².